The molecule has 1 fully saturated rings. The van der Waals surface area contributed by atoms with E-state index in [1.54, 1.807) is 0 Å². The molecule has 0 aliphatic heterocycles. The van der Waals surface area contributed by atoms with Gasteiger partial charge in [0.05, 0.1) is 11.4 Å². The first-order valence-corrected chi connectivity index (χ1v) is 6.69. The van der Waals surface area contributed by atoms with E-state index in [9.17, 15) is 0 Å². The second-order valence-corrected chi connectivity index (χ2v) is 5.06. The molecule has 1 aromatic heterocycles. The van der Waals surface area contributed by atoms with Crippen LogP contribution in [-0.4, -0.2) is 28.4 Å². The molecule has 1 unspecified atom stereocenters. The van der Waals surface area contributed by atoms with Gasteiger partial charge in [-0.3, -0.25) is 4.68 Å². The van der Waals surface area contributed by atoms with Gasteiger partial charge in [0.2, 0.25) is 0 Å². The van der Waals surface area contributed by atoms with Gasteiger partial charge in [0.15, 0.2) is 0 Å². The summed E-state index contributed by atoms with van der Waals surface area (Å²) in [4.78, 5) is 0. The summed E-state index contributed by atoms with van der Waals surface area (Å²) in [5.41, 5.74) is 2.38. The maximum absolute atomic E-state index is 4.45. The molecule has 1 aliphatic carbocycles. The van der Waals surface area contributed by atoms with Crippen LogP contribution in [0.2, 0.25) is 0 Å². The summed E-state index contributed by atoms with van der Waals surface area (Å²) in [5, 5.41) is 11.5. The van der Waals surface area contributed by atoms with Crippen LogP contribution >= 0.6 is 0 Å². The Morgan fingerprint density at radius 3 is 2.94 bits per heavy atom. The molecule has 0 spiro atoms. The molecule has 1 aliphatic rings. The van der Waals surface area contributed by atoms with E-state index in [0.717, 1.165) is 31.4 Å². The highest BCUT2D eigenvalue weighted by Gasteiger charge is 2.20. The van der Waals surface area contributed by atoms with Gasteiger partial charge in [0.1, 0.15) is 0 Å². The fourth-order valence-electron chi connectivity index (χ4n) is 2.00. The normalized spacial score (nSPS) is 17.4. The summed E-state index contributed by atoms with van der Waals surface area (Å²) in [6, 6.07) is 3.47. The Kier molecular flexibility index (Phi) is 4.18. The predicted octanol–water partition coefficient (Wildman–Crippen LogP) is 1.44. The lowest BCUT2D eigenvalue weighted by Crippen LogP contribution is -2.37. The zero-order valence-electron chi connectivity index (χ0n) is 11.2. The topological polar surface area (TPSA) is 41.9 Å². The minimum absolute atomic E-state index is 0.510. The van der Waals surface area contributed by atoms with Crippen molar-refractivity contribution in [1.29, 1.82) is 0 Å². The van der Waals surface area contributed by atoms with Crippen molar-refractivity contribution < 1.29 is 0 Å². The van der Waals surface area contributed by atoms with Crippen molar-refractivity contribution >= 4 is 0 Å². The van der Waals surface area contributed by atoms with Gasteiger partial charge in [-0.15, -0.1) is 0 Å². The minimum Gasteiger partial charge on any atom is -0.312 e. The van der Waals surface area contributed by atoms with E-state index in [4.69, 9.17) is 0 Å². The number of aryl methyl sites for hydroxylation is 2. The molecular weight excluding hydrogens is 212 g/mol. The van der Waals surface area contributed by atoms with Crippen molar-refractivity contribution in [3.05, 3.63) is 17.5 Å². The zero-order chi connectivity index (χ0) is 12.3. The quantitative estimate of drug-likeness (QED) is 0.753. The SMILES string of the molecule is CCn1nc(C)cc1CNC(C)CNC1CC1. The Bertz CT molecular complexity index is 354. The van der Waals surface area contributed by atoms with Crippen molar-refractivity contribution in [1.82, 2.24) is 20.4 Å². The summed E-state index contributed by atoms with van der Waals surface area (Å²) in [5.74, 6) is 0. The summed E-state index contributed by atoms with van der Waals surface area (Å²) >= 11 is 0. The molecule has 2 rings (SSSR count). The Labute approximate surface area is 104 Å². The number of hydrogen-bond acceptors (Lipinski definition) is 3. The van der Waals surface area contributed by atoms with Crippen molar-refractivity contribution in [2.45, 2.75) is 58.8 Å². The molecule has 4 heteroatoms. The van der Waals surface area contributed by atoms with Gasteiger partial charge in [-0.25, -0.2) is 0 Å². The lowest BCUT2D eigenvalue weighted by Gasteiger charge is -2.14. The van der Waals surface area contributed by atoms with Crippen LogP contribution in [-0.2, 0) is 13.1 Å². The second kappa shape index (κ2) is 5.65. The van der Waals surface area contributed by atoms with Crippen LogP contribution in [0.4, 0.5) is 0 Å². The summed E-state index contributed by atoms with van der Waals surface area (Å²) < 4.78 is 2.07. The van der Waals surface area contributed by atoms with Crippen LogP contribution in [0, 0.1) is 6.92 Å². The third-order valence-electron chi connectivity index (χ3n) is 3.21. The summed E-state index contributed by atoms with van der Waals surface area (Å²) in [7, 11) is 0. The van der Waals surface area contributed by atoms with Gasteiger partial charge in [0, 0.05) is 31.7 Å². The highest BCUT2D eigenvalue weighted by Crippen LogP contribution is 2.18. The standard InChI is InChI=1S/C13H24N4/c1-4-17-13(7-10(2)16-17)9-14-11(3)8-15-12-5-6-12/h7,11-12,14-15H,4-6,8-9H2,1-3H3. The van der Waals surface area contributed by atoms with Gasteiger partial charge in [-0.05, 0) is 39.7 Å². The van der Waals surface area contributed by atoms with E-state index in [1.165, 1.54) is 18.5 Å². The van der Waals surface area contributed by atoms with Crippen LogP contribution in [0.1, 0.15) is 38.1 Å². The molecule has 0 radical (unpaired) electrons. The number of nitrogens with one attached hydrogen (secondary N) is 2. The zero-order valence-corrected chi connectivity index (χ0v) is 11.2. The van der Waals surface area contributed by atoms with Crippen molar-refractivity contribution in [3.8, 4) is 0 Å². The first-order valence-electron chi connectivity index (χ1n) is 6.69. The summed E-state index contributed by atoms with van der Waals surface area (Å²) in [6.45, 7) is 9.32. The molecule has 4 nitrogen and oxygen atoms in total. The molecule has 17 heavy (non-hydrogen) atoms. The molecule has 1 atom stereocenters. The third kappa shape index (κ3) is 3.82. The molecule has 0 saturated heterocycles. The van der Waals surface area contributed by atoms with Gasteiger partial charge < -0.3 is 10.6 Å². The molecule has 1 heterocycles. The van der Waals surface area contributed by atoms with Gasteiger partial charge in [-0.1, -0.05) is 0 Å². The predicted molar refractivity (Wildman–Crippen MR) is 70.0 cm³/mol. The van der Waals surface area contributed by atoms with E-state index >= 15 is 0 Å². The lowest BCUT2D eigenvalue weighted by molar-refractivity contribution is 0.483. The van der Waals surface area contributed by atoms with Crippen LogP contribution in [0.25, 0.3) is 0 Å². The van der Waals surface area contributed by atoms with E-state index in [2.05, 4.69) is 40.3 Å². The molecule has 0 aromatic carbocycles. The average molecular weight is 236 g/mol. The van der Waals surface area contributed by atoms with Gasteiger partial charge >= 0.3 is 0 Å². The molecule has 0 amide bonds. The fraction of sp³-hybridized carbons (Fsp3) is 0.769. The van der Waals surface area contributed by atoms with Gasteiger partial charge in [0.25, 0.3) is 0 Å². The summed E-state index contributed by atoms with van der Waals surface area (Å²) in [6.07, 6.45) is 2.71. The number of aromatic nitrogens is 2. The van der Waals surface area contributed by atoms with E-state index in [-0.39, 0.29) is 0 Å². The van der Waals surface area contributed by atoms with Crippen molar-refractivity contribution in [2.24, 2.45) is 0 Å². The average Bonchev–Trinajstić information content (AvgIpc) is 3.07. The van der Waals surface area contributed by atoms with E-state index in [1.807, 2.05) is 6.92 Å². The smallest absolute Gasteiger partial charge is 0.0597 e. The third-order valence-corrected chi connectivity index (χ3v) is 3.21. The molecule has 1 saturated carbocycles. The highest BCUT2D eigenvalue weighted by molar-refractivity contribution is 5.08. The van der Waals surface area contributed by atoms with Gasteiger partial charge in [-0.2, -0.15) is 5.10 Å². The molecule has 1 aromatic rings. The number of hydrogen-bond donors (Lipinski definition) is 2. The van der Waals surface area contributed by atoms with Crippen LogP contribution in [0.5, 0.6) is 0 Å². The lowest BCUT2D eigenvalue weighted by atomic mass is 10.3. The number of rotatable bonds is 7. The van der Waals surface area contributed by atoms with Crippen LogP contribution in [0.3, 0.4) is 0 Å². The fourth-order valence-corrected chi connectivity index (χ4v) is 2.00. The van der Waals surface area contributed by atoms with E-state index < -0.39 is 0 Å². The largest absolute Gasteiger partial charge is 0.312 e. The maximum atomic E-state index is 4.45. The molecule has 2 N–H and O–H groups in total. The maximum Gasteiger partial charge on any atom is 0.0597 e. The van der Waals surface area contributed by atoms with Crippen LogP contribution < -0.4 is 10.6 Å². The van der Waals surface area contributed by atoms with Crippen LogP contribution in [0.15, 0.2) is 6.07 Å². The van der Waals surface area contributed by atoms with E-state index in [0.29, 0.717) is 6.04 Å². The van der Waals surface area contributed by atoms with Crippen molar-refractivity contribution in [2.75, 3.05) is 6.54 Å². The Morgan fingerprint density at radius 2 is 2.29 bits per heavy atom. The monoisotopic (exact) mass is 236 g/mol. The Morgan fingerprint density at radius 1 is 1.53 bits per heavy atom. The molecule has 96 valence electrons. The highest BCUT2D eigenvalue weighted by atomic mass is 15.3. The molecular formula is C13H24N4. The molecule has 0 bridgehead atoms. The first kappa shape index (κ1) is 12.6. The number of nitrogens with zero attached hydrogens (tertiary/aromatic N) is 2. The van der Waals surface area contributed by atoms with Crippen molar-refractivity contribution in [3.63, 3.8) is 0 Å². The minimum atomic E-state index is 0.510. The second-order valence-electron chi connectivity index (χ2n) is 5.06. The first-order chi connectivity index (χ1) is 8.19. The Hall–Kier alpha value is -0.870. The Balaban J connectivity index is 1.75.